The number of sulfone groups is 1. The fraction of sp³-hybridized carbons (Fsp3) is 0.588. The highest BCUT2D eigenvalue weighted by atomic mass is 32.2. The van der Waals surface area contributed by atoms with Gasteiger partial charge in [-0.3, -0.25) is 4.79 Å². The molecular formula is C34H50F2N2O6S. The third-order valence-electron chi connectivity index (χ3n) is 7.65. The van der Waals surface area contributed by atoms with Gasteiger partial charge in [0.05, 0.1) is 23.1 Å². The summed E-state index contributed by atoms with van der Waals surface area (Å²) in [5.41, 5.74) is 0.916. The summed E-state index contributed by atoms with van der Waals surface area (Å²) in [6, 6.07) is 9.30. The van der Waals surface area contributed by atoms with Gasteiger partial charge in [-0.05, 0) is 54.9 Å². The zero-order valence-corrected chi connectivity index (χ0v) is 27.8. The van der Waals surface area contributed by atoms with Gasteiger partial charge in [0, 0.05) is 6.07 Å². The van der Waals surface area contributed by atoms with E-state index >= 15 is 0 Å². The molecule has 0 heterocycles. The molecule has 0 aromatic heterocycles. The van der Waals surface area contributed by atoms with Crippen LogP contribution in [0.1, 0.15) is 90.2 Å². The Morgan fingerprint density at radius 1 is 0.867 bits per heavy atom. The Kier molecular flexibility index (Phi) is 16.5. The third-order valence-corrected chi connectivity index (χ3v) is 9.94. The Balaban J connectivity index is 2.32. The molecule has 2 amide bonds. The molecule has 0 aliphatic heterocycles. The standard InChI is InChI=1S/C34H50F2N2O6S/c1-5-12-29(13-6-2)45(42,43)23-31(38-34(41)44-22-25-15-8-7-9-16-25)33(40)37-30(32(39)17-11-10-14-24(3)4)20-26-18-27(35)21-28(36)19-26/h7-9,15-16,18-19,21,24,29-32,39H,5-6,10-14,17,20,22-23H2,1-4H3,(H,37,40)(H,38,41)/t30-,31-,32+/m0/s1. The van der Waals surface area contributed by atoms with Crippen LogP contribution >= 0.6 is 0 Å². The van der Waals surface area contributed by atoms with Crippen LogP contribution in [-0.4, -0.2) is 54.7 Å². The first kappa shape index (κ1) is 38.1. The molecule has 8 nitrogen and oxygen atoms in total. The van der Waals surface area contributed by atoms with Gasteiger partial charge >= 0.3 is 6.09 Å². The van der Waals surface area contributed by atoms with Gasteiger partial charge < -0.3 is 20.5 Å². The summed E-state index contributed by atoms with van der Waals surface area (Å²) in [5, 5.41) is 15.5. The fourth-order valence-corrected chi connectivity index (χ4v) is 7.42. The molecule has 2 aromatic rings. The van der Waals surface area contributed by atoms with Crippen LogP contribution in [-0.2, 0) is 32.4 Å². The van der Waals surface area contributed by atoms with Crippen molar-refractivity contribution in [1.82, 2.24) is 10.6 Å². The Morgan fingerprint density at radius 3 is 2.04 bits per heavy atom. The molecular weight excluding hydrogens is 602 g/mol. The van der Waals surface area contributed by atoms with Crippen molar-refractivity contribution in [2.45, 2.75) is 116 Å². The lowest BCUT2D eigenvalue weighted by Gasteiger charge is -2.28. The minimum atomic E-state index is -3.85. The van der Waals surface area contributed by atoms with E-state index in [0.29, 0.717) is 50.0 Å². The molecule has 2 rings (SSSR count). The highest BCUT2D eigenvalue weighted by Crippen LogP contribution is 2.19. The number of amides is 2. The number of rotatable bonds is 20. The number of hydrogen-bond acceptors (Lipinski definition) is 6. The molecule has 0 spiro atoms. The summed E-state index contributed by atoms with van der Waals surface area (Å²) in [7, 11) is -3.85. The monoisotopic (exact) mass is 652 g/mol. The van der Waals surface area contributed by atoms with Crippen LogP contribution < -0.4 is 10.6 Å². The maximum atomic E-state index is 14.0. The zero-order valence-electron chi connectivity index (χ0n) is 26.9. The maximum absolute atomic E-state index is 14.0. The molecule has 0 unspecified atom stereocenters. The van der Waals surface area contributed by atoms with Crippen molar-refractivity contribution in [3.8, 4) is 0 Å². The van der Waals surface area contributed by atoms with Crippen molar-refractivity contribution < 1.29 is 36.6 Å². The number of unbranched alkanes of at least 4 members (excludes halogenated alkanes) is 1. The molecule has 0 bridgehead atoms. The highest BCUT2D eigenvalue weighted by molar-refractivity contribution is 7.92. The number of carbonyl (C=O) groups is 2. The van der Waals surface area contributed by atoms with Gasteiger partial charge in [0.15, 0.2) is 9.84 Å². The summed E-state index contributed by atoms with van der Waals surface area (Å²) in [6.45, 7) is 7.85. The van der Waals surface area contributed by atoms with Crippen molar-refractivity contribution >= 4 is 21.8 Å². The predicted molar refractivity (Wildman–Crippen MR) is 172 cm³/mol. The van der Waals surface area contributed by atoms with Crippen LogP contribution in [0, 0.1) is 17.6 Å². The summed E-state index contributed by atoms with van der Waals surface area (Å²) in [4.78, 5) is 26.5. The van der Waals surface area contributed by atoms with Crippen LogP contribution in [0.4, 0.5) is 13.6 Å². The number of hydrogen-bond donors (Lipinski definition) is 3. The Hall–Kier alpha value is -3.05. The predicted octanol–water partition coefficient (Wildman–Crippen LogP) is 6.25. The van der Waals surface area contributed by atoms with Crippen LogP contribution in [0.5, 0.6) is 0 Å². The van der Waals surface area contributed by atoms with Gasteiger partial charge in [0.2, 0.25) is 5.91 Å². The molecule has 252 valence electrons. The van der Waals surface area contributed by atoms with E-state index in [0.717, 1.165) is 31.0 Å². The first-order valence-corrected chi connectivity index (χ1v) is 17.7. The van der Waals surface area contributed by atoms with E-state index in [4.69, 9.17) is 4.74 Å². The molecule has 2 aromatic carbocycles. The molecule has 0 fully saturated rings. The average Bonchev–Trinajstić information content (AvgIpc) is 2.97. The number of benzene rings is 2. The topological polar surface area (TPSA) is 122 Å². The average molecular weight is 653 g/mol. The molecule has 0 saturated carbocycles. The molecule has 11 heteroatoms. The molecule has 3 N–H and O–H groups in total. The van der Waals surface area contributed by atoms with Crippen molar-refractivity contribution in [3.05, 3.63) is 71.3 Å². The minimum absolute atomic E-state index is 0.0924. The number of nitrogens with one attached hydrogen (secondary N) is 2. The first-order chi connectivity index (χ1) is 21.3. The lowest BCUT2D eigenvalue weighted by atomic mass is 9.95. The number of carbonyl (C=O) groups excluding carboxylic acids is 2. The van der Waals surface area contributed by atoms with Crippen molar-refractivity contribution in [3.63, 3.8) is 0 Å². The highest BCUT2D eigenvalue weighted by Gasteiger charge is 2.34. The Bertz CT molecular complexity index is 1270. The zero-order chi connectivity index (χ0) is 33.4. The van der Waals surface area contributed by atoms with E-state index in [-0.39, 0.29) is 18.6 Å². The Morgan fingerprint density at radius 2 is 1.47 bits per heavy atom. The number of halogens is 2. The summed E-state index contributed by atoms with van der Waals surface area (Å²) in [5.74, 6) is -2.63. The Labute approximate surface area is 267 Å². The second kappa shape index (κ2) is 19.5. The fourth-order valence-electron chi connectivity index (χ4n) is 5.26. The number of aliphatic hydroxyl groups excluding tert-OH is 1. The smallest absolute Gasteiger partial charge is 0.408 e. The molecule has 45 heavy (non-hydrogen) atoms. The normalized spacial score (nSPS) is 13.8. The lowest BCUT2D eigenvalue weighted by Crippen LogP contribution is -2.56. The SMILES string of the molecule is CCCC(CCC)S(=O)(=O)C[C@H](NC(=O)OCc1ccccc1)C(=O)N[C@@H](Cc1cc(F)cc(F)c1)[C@H](O)CCCCC(C)C. The van der Waals surface area contributed by atoms with Gasteiger partial charge in [-0.1, -0.05) is 90.1 Å². The van der Waals surface area contributed by atoms with E-state index in [1.54, 1.807) is 24.3 Å². The molecule has 0 aliphatic rings. The summed E-state index contributed by atoms with van der Waals surface area (Å²) >= 11 is 0. The second-order valence-corrected chi connectivity index (χ2v) is 14.5. The second-order valence-electron chi connectivity index (χ2n) is 12.1. The van der Waals surface area contributed by atoms with Crippen LogP contribution in [0.25, 0.3) is 0 Å². The summed E-state index contributed by atoms with van der Waals surface area (Å²) < 4.78 is 60.3. The van der Waals surface area contributed by atoms with Gasteiger partial charge in [0.25, 0.3) is 0 Å². The van der Waals surface area contributed by atoms with Gasteiger partial charge in [-0.2, -0.15) is 0 Å². The van der Waals surface area contributed by atoms with Gasteiger partial charge in [0.1, 0.15) is 24.3 Å². The van der Waals surface area contributed by atoms with Crippen LogP contribution in [0.2, 0.25) is 0 Å². The first-order valence-electron chi connectivity index (χ1n) is 16.0. The maximum Gasteiger partial charge on any atom is 0.408 e. The number of aliphatic hydroxyl groups is 1. The van der Waals surface area contributed by atoms with Crippen LogP contribution in [0.3, 0.4) is 0 Å². The number of ether oxygens (including phenoxy) is 1. The largest absolute Gasteiger partial charge is 0.445 e. The van der Waals surface area contributed by atoms with Crippen molar-refractivity contribution in [2.75, 3.05) is 5.75 Å². The van der Waals surface area contributed by atoms with Crippen LogP contribution in [0.15, 0.2) is 48.5 Å². The lowest BCUT2D eigenvalue weighted by molar-refractivity contribution is -0.124. The molecule has 0 saturated heterocycles. The molecule has 3 atom stereocenters. The van der Waals surface area contributed by atoms with E-state index in [1.165, 1.54) is 0 Å². The third kappa shape index (κ3) is 14.3. The number of alkyl carbamates (subject to hydrolysis) is 1. The summed E-state index contributed by atoms with van der Waals surface area (Å²) in [6.07, 6.45) is 2.64. The molecule has 0 radical (unpaired) electrons. The van der Waals surface area contributed by atoms with Gasteiger partial charge in [-0.25, -0.2) is 22.0 Å². The van der Waals surface area contributed by atoms with Crippen molar-refractivity contribution in [2.24, 2.45) is 5.92 Å². The van der Waals surface area contributed by atoms with E-state index in [1.807, 2.05) is 19.9 Å². The quantitative estimate of drug-likeness (QED) is 0.146. The van der Waals surface area contributed by atoms with Gasteiger partial charge in [-0.15, -0.1) is 0 Å². The van der Waals surface area contributed by atoms with E-state index in [9.17, 15) is 31.9 Å². The minimum Gasteiger partial charge on any atom is -0.445 e. The van der Waals surface area contributed by atoms with Crippen molar-refractivity contribution in [1.29, 1.82) is 0 Å². The van der Waals surface area contributed by atoms with E-state index in [2.05, 4.69) is 24.5 Å². The molecule has 0 aliphatic carbocycles. The van der Waals surface area contributed by atoms with E-state index < -0.39 is 62.7 Å².